The zero-order valence-electron chi connectivity index (χ0n) is 17.2. The first-order chi connectivity index (χ1) is 14.1. The van der Waals surface area contributed by atoms with Gasteiger partial charge in [0.2, 0.25) is 11.8 Å². The fourth-order valence-electron chi connectivity index (χ4n) is 5.03. The maximum Gasteiger partial charge on any atom is 0.222 e. The molecule has 154 valence electrons. The number of hydrogen-bond donors (Lipinski definition) is 0. The summed E-state index contributed by atoms with van der Waals surface area (Å²) in [6, 6.07) is 14.8. The molecular formula is C24H30N2O2S. The van der Waals surface area contributed by atoms with Crippen molar-refractivity contribution in [1.29, 1.82) is 0 Å². The van der Waals surface area contributed by atoms with Crippen LogP contribution in [0.1, 0.15) is 36.6 Å². The molecule has 0 saturated carbocycles. The summed E-state index contributed by atoms with van der Waals surface area (Å²) in [6.45, 7) is 4.85. The quantitative estimate of drug-likeness (QED) is 0.692. The van der Waals surface area contributed by atoms with E-state index in [9.17, 15) is 9.59 Å². The average molecular weight is 411 g/mol. The molecule has 2 atom stereocenters. The lowest BCUT2D eigenvalue weighted by Gasteiger charge is -2.29. The first-order valence-corrected chi connectivity index (χ1v) is 11.5. The van der Waals surface area contributed by atoms with Gasteiger partial charge in [-0.1, -0.05) is 36.4 Å². The van der Waals surface area contributed by atoms with E-state index in [1.54, 1.807) is 18.3 Å². The summed E-state index contributed by atoms with van der Waals surface area (Å²) in [5.41, 5.74) is 1.38. The Kier molecular flexibility index (Phi) is 6.04. The lowest BCUT2D eigenvalue weighted by molar-refractivity contribution is -0.131. The molecule has 0 N–H and O–H groups in total. The highest BCUT2D eigenvalue weighted by molar-refractivity contribution is 7.09. The zero-order chi connectivity index (χ0) is 20.3. The normalized spacial score (nSPS) is 23.4. The lowest BCUT2D eigenvalue weighted by Crippen LogP contribution is -2.38. The van der Waals surface area contributed by atoms with Gasteiger partial charge in [-0.3, -0.25) is 9.59 Å². The van der Waals surface area contributed by atoms with E-state index < -0.39 is 0 Å². The van der Waals surface area contributed by atoms with Gasteiger partial charge in [-0.05, 0) is 42.7 Å². The summed E-state index contributed by atoms with van der Waals surface area (Å²) < 4.78 is 0. The molecule has 2 aromatic rings. The molecule has 5 heteroatoms. The fraction of sp³-hybridized carbons (Fsp3) is 0.500. The second-order valence-corrected chi connectivity index (χ2v) is 9.68. The van der Waals surface area contributed by atoms with Gasteiger partial charge in [-0.15, -0.1) is 11.3 Å². The van der Waals surface area contributed by atoms with Crippen molar-refractivity contribution in [3.63, 3.8) is 0 Å². The van der Waals surface area contributed by atoms with Gasteiger partial charge in [-0.25, -0.2) is 0 Å². The van der Waals surface area contributed by atoms with Crippen molar-refractivity contribution < 1.29 is 9.59 Å². The van der Waals surface area contributed by atoms with Crippen LogP contribution in [0.3, 0.4) is 0 Å². The monoisotopic (exact) mass is 410 g/mol. The van der Waals surface area contributed by atoms with E-state index in [2.05, 4.69) is 46.7 Å². The minimum atomic E-state index is 0.0466. The molecule has 2 fully saturated rings. The number of aryl methyl sites for hydroxylation is 2. The molecule has 0 spiro atoms. The number of benzene rings is 1. The van der Waals surface area contributed by atoms with Gasteiger partial charge in [0.25, 0.3) is 0 Å². The number of carbonyl (C=O) groups is 2. The summed E-state index contributed by atoms with van der Waals surface area (Å²) in [7, 11) is 0. The topological polar surface area (TPSA) is 40.6 Å². The molecular weight excluding hydrogens is 380 g/mol. The first-order valence-electron chi connectivity index (χ1n) is 10.7. The van der Waals surface area contributed by atoms with Crippen molar-refractivity contribution >= 4 is 23.2 Å². The molecule has 4 rings (SSSR count). The molecule has 2 aliphatic rings. The Morgan fingerprint density at radius 2 is 1.79 bits per heavy atom. The minimum Gasteiger partial charge on any atom is -0.342 e. The standard InChI is InChI=1S/C24H30N2O2S/c1-19(27)25-15-21-16-26(23(28)11-5-9-22-10-6-14-29-22)18-24(21,17-25)13-12-20-7-3-2-4-8-20/h2-4,6-8,10,14,21H,5,9,11-13,15-18H2,1H3. The van der Waals surface area contributed by atoms with E-state index in [1.807, 2.05) is 11.0 Å². The highest BCUT2D eigenvalue weighted by Gasteiger charge is 2.53. The van der Waals surface area contributed by atoms with Crippen molar-refractivity contribution in [3.8, 4) is 0 Å². The Morgan fingerprint density at radius 1 is 1.03 bits per heavy atom. The van der Waals surface area contributed by atoms with Crippen LogP contribution < -0.4 is 0 Å². The molecule has 4 nitrogen and oxygen atoms in total. The Hall–Kier alpha value is -2.14. The SMILES string of the molecule is CC(=O)N1CC2CN(C(=O)CCCc3cccs3)CC2(CCc2ccccc2)C1. The highest BCUT2D eigenvalue weighted by atomic mass is 32.1. The summed E-state index contributed by atoms with van der Waals surface area (Å²) in [6.07, 6.45) is 4.55. The molecule has 1 aromatic heterocycles. The third-order valence-electron chi connectivity index (χ3n) is 6.71. The Bertz CT molecular complexity index is 836. The molecule has 2 amide bonds. The zero-order valence-corrected chi connectivity index (χ0v) is 18.0. The van der Waals surface area contributed by atoms with Gasteiger partial charge >= 0.3 is 0 Å². The van der Waals surface area contributed by atoms with Crippen LogP contribution in [0.4, 0.5) is 0 Å². The molecule has 0 radical (unpaired) electrons. The van der Waals surface area contributed by atoms with Gasteiger partial charge in [0.1, 0.15) is 0 Å². The Morgan fingerprint density at radius 3 is 2.52 bits per heavy atom. The van der Waals surface area contributed by atoms with Crippen LogP contribution in [0.5, 0.6) is 0 Å². The van der Waals surface area contributed by atoms with Gasteiger partial charge in [0, 0.05) is 55.7 Å². The van der Waals surface area contributed by atoms with Crippen LogP contribution >= 0.6 is 11.3 Å². The number of hydrogen-bond acceptors (Lipinski definition) is 3. The van der Waals surface area contributed by atoms with Crippen molar-refractivity contribution in [2.45, 2.75) is 39.0 Å². The number of amides is 2. The average Bonchev–Trinajstić information content (AvgIpc) is 3.42. The predicted octanol–water partition coefficient (Wildman–Crippen LogP) is 4.01. The Labute approximate surface area is 177 Å². The molecule has 3 heterocycles. The van der Waals surface area contributed by atoms with Crippen molar-refractivity contribution in [1.82, 2.24) is 9.80 Å². The van der Waals surface area contributed by atoms with Gasteiger partial charge in [-0.2, -0.15) is 0 Å². The predicted molar refractivity (Wildman–Crippen MR) is 117 cm³/mol. The fourth-order valence-corrected chi connectivity index (χ4v) is 5.78. The smallest absolute Gasteiger partial charge is 0.222 e. The molecule has 2 aliphatic heterocycles. The van der Waals surface area contributed by atoms with Gasteiger partial charge in [0.15, 0.2) is 0 Å². The van der Waals surface area contributed by atoms with E-state index in [4.69, 9.17) is 0 Å². The van der Waals surface area contributed by atoms with Crippen LogP contribution in [0.25, 0.3) is 0 Å². The molecule has 0 aliphatic carbocycles. The largest absolute Gasteiger partial charge is 0.342 e. The van der Waals surface area contributed by atoms with Crippen molar-refractivity contribution in [3.05, 3.63) is 58.3 Å². The number of fused-ring (bicyclic) bond motifs is 1. The summed E-state index contributed by atoms with van der Waals surface area (Å²) in [5.74, 6) is 0.841. The van der Waals surface area contributed by atoms with E-state index >= 15 is 0 Å². The number of rotatable bonds is 7. The van der Waals surface area contributed by atoms with Crippen molar-refractivity contribution in [2.24, 2.45) is 11.3 Å². The highest BCUT2D eigenvalue weighted by Crippen LogP contribution is 2.46. The first kappa shape index (κ1) is 20.1. The molecule has 1 aromatic carbocycles. The lowest BCUT2D eigenvalue weighted by atomic mass is 9.76. The summed E-state index contributed by atoms with van der Waals surface area (Å²) >= 11 is 1.76. The second-order valence-electron chi connectivity index (χ2n) is 8.65. The molecule has 0 bridgehead atoms. The van der Waals surface area contributed by atoms with Crippen LogP contribution in [0.2, 0.25) is 0 Å². The molecule has 29 heavy (non-hydrogen) atoms. The third kappa shape index (κ3) is 4.55. The van der Waals surface area contributed by atoms with E-state index in [0.29, 0.717) is 12.3 Å². The summed E-state index contributed by atoms with van der Waals surface area (Å²) in [5, 5.41) is 2.09. The van der Waals surface area contributed by atoms with Crippen LogP contribution in [-0.4, -0.2) is 47.8 Å². The van der Waals surface area contributed by atoms with Crippen molar-refractivity contribution in [2.75, 3.05) is 26.2 Å². The number of likely N-dealkylation sites (tertiary alicyclic amines) is 2. The number of thiophene rings is 1. The van der Waals surface area contributed by atoms with E-state index in [-0.39, 0.29) is 17.2 Å². The van der Waals surface area contributed by atoms with E-state index in [0.717, 1.165) is 51.9 Å². The maximum absolute atomic E-state index is 12.9. The van der Waals surface area contributed by atoms with E-state index in [1.165, 1.54) is 10.4 Å². The second kappa shape index (κ2) is 8.70. The number of carbonyl (C=O) groups excluding carboxylic acids is 2. The Balaban J connectivity index is 1.38. The number of nitrogens with zero attached hydrogens (tertiary/aromatic N) is 2. The molecule has 2 saturated heterocycles. The third-order valence-corrected chi connectivity index (χ3v) is 7.64. The van der Waals surface area contributed by atoms with Crippen LogP contribution in [-0.2, 0) is 22.4 Å². The molecule has 2 unspecified atom stereocenters. The maximum atomic E-state index is 12.9. The minimum absolute atomic E-state index is 0.0466. The van der Waals surface area contributed by atoms with Gasteiger partial charge < -0.3 is 9.80 Å². The van der Waals surface area contributed by atoms with Crippen LogP contribution in [0, 0.1) is 11.3 Å². The van der Waals surface area contributed by atoms with Gasteiger partial charge in [0.05, 0.1) is 0 Å². The summed E-state index contributed by atoms with van der Waals surface area (Å²) in [4.78, 5) is 30.3. The van der Waals surface area contributed by atoms with Crippen LogP contribution in [0.15, 0.2) is 47.8 Å².